The number of carbonyl (C=O) groups is 2. The first kappa shape index (κ1) is 15.1. The number of hydrogen-bond donors (Lipinski definition) is 2. The Kier molecular flexibility index (Phi) is 3.77. The third-order valence-corrected chi connectivity index (χ3v) is 4.15. The van der Waals surface area contributed by atoms with E-state index in [4.69, 9.17) is 4.42 Å². The van der Waals surface area contributed by atoms with E-state index in [0.29, 0.717) is 29.6 Å². The first-order valence-electron chi connectivity index (χ1n) is 7.25. The van der Waals surface area contributed by atoms with Gasteiger partial charge in [-0.2, -0.15) is 0 Å². The number of carboxylic acid groups (broad SMARTS) is 1. The standard InChI is InChI=1S/C16H16N2O5/c1-18-12-7-6-9(8-13(12)23-16(18)22)17-14(19)10-4-2-3-5-11(10)15(20)21/h2-3,6-8,10-11H,4-5H2,1H3,(H,17,19)(H,20,21)/t10-,11-/m1/s1. The Morgan fingerprint density at radius 2 is 1.96 bits per heavy atom. The molecule has 0 saturated heterocycles. The molecule has 23 heavy (non-hydrogen) atoms. The molecule has 2 atom stereocenters. The number of allylic oxidation sites excluding steroid dienone is 2. The van der Waals surface area contributed by atoms with Crippen molar-refractivity contribution in [3.8, 4) is 0 Å². The predicted molar refractivity (Wildman–Crippen MR) is 83.1 cm³/mol. The highest BCUT2D eigenvalue weighted by atomic mass is 16.4. The zero-order chi connectivity index (χ0) is 16.6. The fourth-order valence-corrected chi connectivity index (χ4v) is 2.82. The fraction of sp³-hybridized carbons (Fsp3) is 0.312. The number of nitrogens with one attached hydrogen (secondary N) is 1. The molecule has 1 amide bonds. The van der Waals surface area contributed by atoms with Crippen LogP contribution in [0.15, 0.2) is 39.6 Å². The maximum absolute atomic E-state index is 12.4. The zero-order valence-electron chi connectivity index (χ0n) is 12.5. The number of carboxylic acids is 1. The van der Waals surface area contributed by atoms with Crippen LogP contribution in [0.3, 0.4) is 0 Å². The predicted octanol–water partition coefficient (Wildman–Crippen LogP) is 1.74. The van der Waals surface area contributed by atoms with E-state index in [9.17, 15) is 19.5 Å². The lowest BCUT2D eigenvalue weighted by Gasteiger charge is -2.24. The van der Waals surface area contributed by atoms with E-state index in [2.05, 4.69) is 5.32 Å². The van der Waals surface area contributed by atoms with Crippen LogP contribution in [0.2, 0.25) is 0 Å². The molecular weight excluding hydrogens is 300 g/mol. The number of aliphatic carboxylic acids is 1. The Bertz CT molecular complexity index is 861. The van der Waals surface area contributed by atoms with Gasteiger partial charge in [0.1, 0.15) is 0 Å². The Morgan fingerprint density at radius 3 is 2.65 bits per heavy atom. The second-order valence-electron chi connectivity index (χ2n) is 5.59. The number of fused-ring (bicyclic) bond motifs is 1. The molecule has 0 unspecified atom stereocenters. The van der Waals surface area contributed by atoms with Crippen LogP contribution in [0.1, 0.15) is 12.8 Å². The second kappa shape index (κ2) is 5.75. The van der Waals surface area contributed by atoms with Crippen LogP contribution < -0.4 is 11.1 Å². The minimum absolute atomic E-state index is 0.347. The van der Waals surface area contributed by atoms with Gasteiger partial charge in [-0.3, -0.25) is 14.2 Å². The van der Waals surface area contributed by atoms with Crippen molar-refractivity contribution < 1.29 is 19.1 Å². The van der Waals surface area contributed by atoms with E-state index < -0.39 is 23.6 Å². The number of carbonyl (C=O) groups excluding carboxylic acids is 1. The average Bonchev–Trinajstić information content (AvgIpc) is 2.81. The number of nitrogens with zero attached hydrogens (tertiary/aromatic N) is 1. The number of aromatic nitrogens is 1. The van der Waals surface area contributed by atoms with Gasteiger partial charge in [0.05, 0.1) is 17.4 Å². The van der Waals surface area contributed by atoms with Crippen molar-refractivity contribution in [1.29, 1.82) is 0 Å². The summed E-state index contributed by atoms with van der Waals surface area (Å²) in [5, 5.41) is 11.9. The van der Waals surface area contributed by atoms with Gasteiger partial charge < -0.3 is 14.8 Å². The second-order valence-corrected chi connectivity index (χ2v) is 5.59. The SMILES string of the molecule is Cn1c(=O)oc2cc(NC(=O)[C@@H]3CC=CC[C@H]3C(=O)O)ccc21. The number of oxazole rings is 1. The Balaban J connectivity index is 1.83. The van der Waals surface area contributed by atoms with Crippen LogP contribution in [0.4, 0.5) is 5.69 Å². The van der Waals surface area contributed by atoms with Gasteiger partial charge in [0, 0.05) is 18.8 Å². The topological polar surface area (TPSA) is 102 Å². The third-order valence-electron chi connectivity index (χ3n) is 4.15. The van der Waals surface area contributed by atoms with Crippen molar-refractivity contribution in [2.24, 2.45) is 18.9 Å². The summed E-state index contributed by atoms with van der Waals surface area (Å²) >= 11 is 0. The summed E-state index contributed by atoms with van der Waals surface area (Å²) in [7, 11) is 1.60. The normalized spacial score (nSPS) is 20.6. The van der Waals surface area contributed by atoms with Crippen molar-refractivity contribution in [2.45, 2.75) is 12.8 Å². The smallest absolute Gasteiger partial charge is 0.419 e. The van der Waals surface area contributed by atoms with Crippen molar-refractivity contribution >= 4 is 28.7 Å². The monoisotopic (exact) mass is 316 g/mol. The van der Waals surface area contributed by atoms with E-state index in [1.165, 1.54) is 4.57 Å². The molecule has 0 radical (unpaired) electrons. The first-order valence-corrected chi connectivity index (χ1v) is 7.25. The Hall–Kier alpha value is -2.83. The minimum atomic E-state index is -0.973. The highest BCUT2D eigenvalue weighted by Crippen LogP contribution is 2.27. The van der Waals surface area contributed by atoms with Gasteiger partial charge in [-0.05, 0) is 25.0 Å². The van der Waals surface area contributed by atoms with Gasteiger partial charge in [0.2, 0.25) is 5.91 Å². The van der Waals surface area contributed by atoms with Gasteiger partial charge in [-0.25, -0.2) is 4.79 Å². The number of aryl methyl sites for hydroxylation is 1. The number of amides is 1. The van der Waals surface area contributed by atoms with Crippen molar-refractivity contribution in [2.75, 3.05) is 5.32 Å². The van der Waals surface area contributed by atoms with Crippen LogP contribution in [0.5, 0.6) is 0 Å². The summed E-state index contributed by atoms with van der Waals surface area (Å²) in [4.78, 5) is 35.1. The molecule has 1 heterocycles. The minimum Gasteiger partial charge on any atom is -0.481 e. The van der Waals surface area contributed by atoms with Crippen molar-refractivity contribution in [3.05, 3.63) is 40.9 Å². The molecule has 7 heteroatoms. The van der Waals surface area contributed by atoms with Crippen LogP contribution in [-0.2, 0) is 16.6 Å². The number of anilines is 1. The molecule has 2 aromatic rings. The molecule has 2 N–H and O–H groups in total. The highest BCUT2D eigenvalue weighted by Gasteiger charge is 2.33. The van der Waals surface area contributed by atoms with E-state index >= 15 is 0 Å². The zero-order valence-corrected chi connectivity index (χ0v) is 12.5. The largest absolute Gasteiger partial charge is 0.481 e. The maximum atomic E-state index is 12.4. The first-order chi connectivity index (χ1) is 11.0. The number of benzene rings is 1. The molecule has 3 rings (SSSR count). The summed E-state index contributed by atoms with van der Waals surface area (Å²) in [6.45, 7) is 0. The lowest BCUT2D eigenvalue weighted by molar-refractivity contribution is -0.146. The molecule has 0 bridgehead atoms. The molecule has 7 nitrogen and oxygen atoms in total. The molecule has 120 valence electrons. The highest BCUT2D eigenvalue weighted by molar-refractivity contribution is 5.96. The van der Waals surface area contributed by atoms with Crippen molar-refractivity contribution in [3.63, 3.8) is 0 Å². The maximum Gasteiger partial charge on any atom is 0.419 e. The summed E-state index contributed by atoms with van der Waals surface area (Å²) in [6.07, 6.45) is 4.35. The molecule has 1 aromatic heterocycles. The number of rotatable bonds is 3. The molecule has 0 fully saturated rings. The van der Waals surface area contributed by atoms with E-state index in [0.717, 1.165) is 0 Å². The van der Waals surface area contributed by atoms with E-state index in [1.807, 2.05) is 6.08 Å². The molecule has 0 aliphatic heterocycles. The van der Waals surface area contributed by atoms with Gasteiger partial charge in [-0.15, -0.1) is 0 Å². The van der Waals surface area contributed by atoms with E-state index in [-0.39, 0.29) is 5.91 Å². The van der Waals surface area contributed by atoms with Crippen LogP contribution >= 0.6 is 0 Å². The summed E-state index contributed by atoms with van der Waals surface area (Å²) < 4.78 is 6.44. The van der Waals surface area contributed by atoms with Crippen LogP contribution in [0.25, 0.3) is 11.1 Å². The summed E-state index contributed by atoms with van der Waals surface area (Å²) in [5.41, 5.74) is 1.46. The van der Waals surface area contributed by atoms with Gasteiger partial charge >= 0.3 is 11.7 Å². The molecule has 1 aliphatic carbocycles. The van der Waals surface area contributed by atoms with E-state index in [1.54, 1.807) is 31.3 Å². The molecular formula is C16H16N2O5. The third kappa shape index (κ3) is 2.77. The Labute approximate surface area is 131 Å². The van der Waals surface area contributed by atoms with Crippen LogP contribution in [0, 0.1) is 11.8 Å². The molecule has 1 aliphatic rings. The Morgan fingerprint density at radius 1 is 1.26 bits per heavy atom. The lowest BCUT2D eigenvalue weighted by atomic mass is 9.82. The van der Waals surface area contributed by atoms with Gasteiger partial charge in [0.25, 0.3) is 0 Å². The van der Waals surface area contributed by atoms with Crippen molar-refractivity contribution in [1.82, 2.24) is 4.57 Å². The average molecular weight is 316 g/mol. The molecule has 1 aromatic carbocycles. The lowest BCUT2D eigenvalue weighted by Crippen LogP contribution is -2.34. The van der Waals surface area contributed by atoms with Gasteiger partial charge in [0.15, 0.2) is 5.58 Å². The summed E-state index contributed by atoms with van der Waals surface area (Å²) in [5.74, 6) is -3.14. The van der Waals surface area contributed by atoms with Crippen LogP contribution in [-0.4, -0.2) is 21.6 Å². The molecule has 0 spiro atoms. The molecule has 0 saturated carbocycles. The number of hydrogen-bond acceptors (Lipinski definition) is 4. The quantitative estimate of drug-likeness (QED) is 0.840. The fourth-order valence-electron chi connectivity index (χ4n) is 2.82. The van der Waals surface area contributed by atoms with Gasteiger partial charge in [-0.1, -0.05) is 12.2 Å². The summed E-state index contributed by atoms with van der Waals surface area (Å²) in [6, 6.07) is 4.89.